The molecule has 5 heteroatoms. The van der Waals surface area contributed by atoms with Crippen LogP contribution in [-0.4, -0.2) is 29.8 Å². The Bertz CT molecular complexity index is 756. The van der Waals surface area contributed by atoms with E-state index in [0.29, 0.717) is 0 Å². The molecule has 0 spiro atoms. The van der Waals surface area contributed by atoms with Crippen LogP contribution in [0.3, 0.4) is 0 Å². The Kier molecular flexibility index (Phi) is 4.74. The maximum atomic E-state index is 12.0. The lowest BCUT2D eigenvalue weighted by Gasteiger charge is -2.19. The van der Waals surface area contributed by atoms with Gasteiger partial charge in [-0.1, -0.05) is 48.5 Å². The molecule has 0 unspecified atom stereocenters. The van der Waals surface area contributed by atoms with E-state index in [1.807, 2.05) is 24.3 Å². The van der Waals surface area contributed by atoms with Crippen LogP contribution in [0.4, 0.5) is 4.79 Å². The Labute approximate surface area is 146 Å². The molecule has 0 radical (unpaired) electrons. The Hall–Kier alpha value is -2.82. The van der Waals surface area contributed by atoms with E-state index in [1.165, 1.54) is 11.1 Å². The zero-order chi connectivity index (χ0) is 18.0. The van der Waals surface area contributed by atoms with Crippen molar-refractivity contribution in [1.29, 1.82) is 0 Å². The van der Waals surface area contributed by atoms with E-state index in [1.54, 1.807) is 13.8 Å². The number of carboxylic acid groups (broad SMARTS) is 1. The van der Waals surface area contributed by atoms with Crippen LogP contribution in [0.5, 0.6) is 0 Å². The van der Waals surface area contributed by atoms with Crippen LogP contribution in [-0.2, 0) is 9.53 Å². The van der Waals surface area contributed by atoms with Gasteiger partial charge in [-0.3, -0.25) is 4.79 Å². The minimum atomic E-state index is -0.952. The van der Waals surface area contributed by atoms with Crippen molar-refractivity contribution in [3.05, 3.63) is 59.7 Å². The largest absolute Gasteiger partial charge is 0.481 e. The maximum absolute atomic E-state index is 12.0. The molecule has 5 nitrogen and oxygen atoms in total. The summed E-state index contributed by atoms with van der Waals surface area (Å²) in [5.41, 5.74) is 4.62. The van der Waals surface area contributed by atoms with Gasteiger partial charge < -0.3 is 15.2 Å². The highest BCUT2D eigenvalue weighted by atomic mass is 16.5. The van der Waals surface area contributed by atoms with Gasteiger partial charge in [0, 0.05) is 12.0 Å². The number of hydrogen-bond donors (Lipinski definition) is 2. The average Bonchev–Trinajstić information content (AvgIpc) is 2.93. The lowest BCUT2D eigenvalue weighted by molar-refractivity contribution is -0.141. The number of ether oxygens (including phenoxy) is 1. The summed E-state index contributed by atoms with van der Waals surface area (Å²) in [6, 6.07) is 15.7. The van der Waals surface area contributed by atoms with E-state index in [2.05, 4.69) is 29.6 Å². The Morgan fingerprint density at radius 2 is 1.56 bits per heavy atom. The number of amides is 1. The predicted molar refractivity (Wildman–Crippen MR) is 94.5 cm³/mol. The highest BCUT2D eigenvalue weighted by Gasteiger charge is 2.29. The number of nitrogens with one attached hydrogen (secondary N) is 1. The number of fused-ring (bicyclic) bond motifs is 3. The molecule has 2 atom stereocenters. The first kappa shape index (κ1) is 17.0. The Morgan fingerprint density at radius 3 is 2.08 bits per heavy atom. The van der Waals surface area contributed by atoms with Crippen LogP contribution in [0.1, 0.15) is 30.9 Å². The van der Waals surface area contributed by atoms with Crippen LogP contribution >= 0.6 is 0 Å². The molecule has 130 valence electrons. The second-order valence-electron chi connectivity index (χ2n) is 6.39. The monoisotopic (exact) mass is 339 g/mol. The summed E-state index contributed by atoms with van der Waals surface area (Å²) in [5, 5.41) is 11.6. The second kappa shape index (κ2) is 6.97. The van der Waals surface area contributed by atoms with Crippen molar-refractivity contribution in [3.63, 3.8) is 0 Å². The maximum Gasteiger partial charge on any atom is 0.407 e. The fourth-order valence-electron chi connectivity index (χ4n) is 3.16. The summed E-state index contributed by atoms with van der Waals surface area (Å²) in [4.78, 5) is 23.0. The third-order valence-electron chi connectivity index (χ3n) is 4.83. The molecular formula is C20H21NO4. The van der Waals surface area contributed by atoms with Gasteiger partial charge in [0.05, 0.1) is 5.92 Å². The normalized spacial score (nSPS) is 15.0. The number of carbonyl (C=O) groups is 2. The van der Waals surface area contributed by atoms with Crippen molar-refractivity contribution in [2.24, 2.45) is 5.92 Å². The number of carboxylic acids is 1. The van der Waals surface area contributed by atoms with Crippen molar-refractivity contribution < 1.29 is 19.4 Å². The molecule has 0 fully saturated rings. The van der Waals surface area contributed by atoms with E-state index in [9.17, 15) is 9.59 Å². The van der Waals surface area contributed by atoms with Crippen molar-refractivity contribution in [2.45, 2.75) is 25.8 Å². The fraction of sp³-hybridized carbons (Fsp3) is 0.300. The smallest absolute Gasteiger partial charge is 0.407 e. The number of benzene rings is 2. The summed E-state index contributed by atoms with van der Waals surface area (Å²) in [7, 11) is 0. The average molecular weight is 339 g/mol. The SMILES string of the molecule is C[C@H](NC(=O)OCC1c2ccccc2-c2ccccc21)[C@@H](C)C(=O)O. The Morgan fingerprint density at radius 1 is 1.04 bits per heavy atom. The standard InChI is InChI=1S/C20H21NO4/c1-12(19(22)23)13(2)21-20(24)25-11-18-16-9-5-3-7-14(16)15-8-4-6-10-17(15)18/h3-10,12-13,18H,11H2,1-2H3,(H,21,24)(H,22,23)/t12-,13+/m1/s1. The van der Waals surface area contributed by atoms with Crippen LogP contribution in [0.25, 0.3) is 11.1 Å². The summed E-state index contributed by atoms with van der Waals surface area (Å²) >= 11 is 0. The van der Waals surface area contributed by atoms with Gasteiger partial charge in [0.1, 0.15) is 6.61 Å². The third-order valence-corrected chi connectivity index (χ3v) is 4.83. The summed E-state index contributed by atoms with van der Waals surface area (Å²) in [5.74, 6) is -1.64. The minimum absolute atomic E-state index is 0.00893. The van der Waals surface area contributed by atoms with Gasteiger partial charge in [0.25, 0.3) is 0 Å². The van der Waals surface area contributed by atoms with Gasteiger partial charge in [0.15, 0.2) is 0 Å². The molecule has 2 aromatic rings. The number of rotatable bonds is 5. The van der Waals surface area contributed by atoms with E-state index < -0.39 is 24.0 Å². The zero-order valence-corrected chi connectivity index (χ0v) is 14.2. The van der Waals surface area contributed by atoms with Gasteiger partial charge in [0.2, 0.25) is 0 Å². The Balaban J connectivity index is 1.69. The predicted octanol–water partition coefficient (Wildman–Crippen LogP) is 3.63. The van der Waals surface area contributed by atoms with Crippen molar-refractivity contribution >= 4 is 12.1 Å². The van der Waals surface area contributed by atoms with Gasteiger partial charge in [-0.25, -0.2) is 4.79 Å². The molecule has 2 N–H and O–H groups in total. The highest BCUT2D eigenvalue weighted by molar-refractivity contribution is 5.79. The van der Waals surface area contributed by atoms with E-state index in [4.69, 9.17) is 9.84 Å². The molecule has 0 saturated heterocycles. The summed E-state index contributed by atoms with van der Waals surface area (Å²) < 4.78 is 5.40. The van der Waals surface area contributed by atoms with Crippen LogP contribution in [0.15, 0.2) is 48.5 Å². The van der Waals surface area contributed by atoms with Gasteiger partial charge in [-0.2, -0.15) is 0 Å². The molecule has 0 aromatic heterocycles. The van der Waals surface area contributed by atoms with E-state index in [-0.39, 0.29) is 12.5 Å². The molecule has 0 bridgehead atoms. The quantitative estimate of drug-likeness (QED) is 0.872. The molecular weight excluding hydrogens is 318 g/mol. The molecule has 25 heavy (non-hydrogen) atoms. The number of alkyl carbamates (subject to hydrolysis) is 1. The first-order valence-corrected chi connectivity index (χ1v) is 8.33. The topological polar surface area (TPSA) is 75.6 Å². The van der Waals surface area contributed by atoms with E-state index in [0.717, 1.165) is 11.1 Å². The van der Waals surface area contributed by atoms with Crippen molar-refractivity contribution in [2.75, 3.05) is 6.61 Å². The van der Waals surface area contributed by atoms with Crippen LogP contribution < -0.4 is 5.32 Å². The minimum Gasteiger partial charge on any atom is -0.481 e. The molecule has 0 saturated carbocycles. The number of aliphatic carboxylic acids is 1. The molecule has 1 amide bonds. The zero-order valence-electron chi connectivity index (χ0n) is 14.2. The first-order chi connectivity index (χ1) is 12.0. The third kappa shape index (κ3) is 3.36. The van der Waals surface area contributed by atoms with Gasteiger partial charge in [-0.15, -0.1) is 0 Å². The van der Waals surface area contributed by atoms with Crippen molar-refractivity contribution in [1.82, 2.24) is 5.32 Å². The lowest BCUT2D eigenvalue weighted by Crippen LogP contribution is -2.40. The van der Waals surface area contributed by atoms with Gasteiger partial charge in [-0.05, 0) is 36.1 Å². The molecule has 1 aliphatic rings. The van der Waals surface area contributed by atoms with Crippen LogP contribution in [0.2, 0.25) is 0 Å². The molecule has 3 rings (SSSR count). The van der Waals surface area contributed by atoms with Crippen molar-refractivity contribution in [3.8, 4) is 11.1 Å². The fourth-order valence-corrected chi connectivity index (χ4v) is 3.16. The highest BCUT2D eigenvalue weighted by Crippen LogP contribution is 2.44. The molecule has 1 aliphatic carbocycles. The first-order valence-electron chi connectivity index (χ1n) is 8.33. The number of hydrogen-bond acceptors (Lipinski definition) is 3. The number of carbonyl (C=O) groups excluding carboxylic acids is 1. The second-order valence-corrected chi connectivity index (χ2v) is 6.39. The van der Waals surface area contributed by atoms with Crippen LogP contribution in [0, 0.1) is 5.92 Å². The molecule has 2 aromatic carbocycles. The molecule has 0 aliphatic heterocycles. The summed E-state index contributed by atoms with van der Waals surface area (Å²) in [6.45, 7) is 3.42. The lowest BCUT2D eigenvalue weighted by atomic mass is 9.98. The van der Waals surface area contributed by atoms with E-state index >= 15 is 0 Å². The molecule has 0 heterocycles. The summed E-state index contributed by atoms with van der Waals surface area (Å²) in [6.07, 6.45) is -0.595. The van der Waals surface area contributed by atoms with Gasteiger partial charge >= 0.3 is 12.1 Å².